The topological polar surface area (TPSA) is 71.1 Å². The van der Waals surface area contributed by atoms with Crippen molar-refractivity contribution >= 4 is 26.5 Å². The van der Waals surface area contributed by atoms with Crippen molar-refractivity contribution in [2.24, 2.45) is 0 Å². The number of nitrogens with one attached hydrogen (secondary N) is 2. The molecule has 20 heavy (non-hydrogen) atoms. The van der Waals surface area contributed by atoms with Crippen LogP contribution in [0.4, 0.5) is 5.13 Å². The number of rotatable bonds is 6. The third kappa shape index (κ3) is 3.36. The molecule has 2 aromatic rings. The van der Waals surface area contributed by atoms with Crippen molar-refractivity contribution in [1.29, 1.82) is 0 Å². The Balaban J connectivity index is 2.40. The molecule has 0 unspecified atom stereocenters. The van der Waals surface area contributed by atoms with E-state index in [2.05, 4.69) is 15.0 Å². The van der Waals surface area contributed by atoms with Crippen molar-refractivity contribution in [3.63, 3.8) is 0 Å². The van der Waals surface area contributed by atoms with E-state index >= 15 is 0 Å². The lowest BCUT2D eigenvalue weighted by atomic mass is 10.1. The van der Waals surface area contributed by atoms with Gasteiger partial charge in [0.05, 0.1) is 4.90 Å². The largest absolute Gasteiger partial charge is 0.316 e. The van der Waals surface area contributed by atoms with Gasteiger partial charge < -0.3 is 5.32 Å². The third-order valence-corrected chi connectivity index (χ3v) is 5.08. The number of sulfonamides is 1. The molecule has 0 atom stereocenters. The third-order valence-electron chi connectivity index (χ3n) is 2.84. The Labute approximate surface area is 123 Å². The smallest absolute Gasteiger partial charge is 0.263 e. The Morgan fingerprint density at radius 1 is 1.35 bits per heavy atom. The van der Waals surface area contributed by atoms with Gasteiger partial charge in [0, 0.05) is 18.1 Å². The van der Waals surface area contributed by atoms with E-state index < -0.39 is 10.0 Å². The fraction of sp³-hybridized carbons (Fsp3) is 0.308. The van der Waals surface area contributed by atoms with Crippen molar-refractivity contribution in [2.45, 2.75) is 24.8 Å². The number of aryl methyl sites for hydroxylation is 1. The lowest BCUT2D eigenvalue weighted by Crippen LogP contribution is -2.16. The number of nitrogens with zero attached hydrogens (tertiary/aromatic N) is 1. The number of benzene rings is 1. The summed E-state index contributed by atoms with van der Waals surface area (Å²) in [7, 11) is -1.77. The first-order chi connectivity index (χ1) is 9.56. The van der Waals surface area contributed by atoms with E-state index in [4.69, 9.17) is 0 Å². The van der Waals surface area contributed by atoms with Crippen molar-refractivity contribution in [3.8, 4) is 0 Å². The highest BCUT2D eigenvalue weighted by Gasteiger charge is 2.19. The van der Waals surface area contributed by atoms with Crippen LogP contribution in [-0.2, 0) is 23.0 Å². The average molecular weight is 311 g/mol. The van der Waals surface area contributed by atoms with Gasteiger partial charge in [-0.3, -0.25) is 4.72 Å². The van der Waals surface area contributed by atoms with Gasteiger partial charge in [0.2, 0.25) is 0 Å². The van der Waals surface area contributed by atoms with Gasteiger partial charge >= 0.3 is 0 Å². The van der Waals surface area contributed by atoms with Crippen LogP contribution in [0.1, 0.15) is 18.1 Å². The SMILES string of the molecule is CCc1ccc(CNC)cc1S(=O)(=O)Nc1nccs1. The number of anilines is 1. The maximum absolute atomic E-state index is 12.5. The maximum Gasteiger partial charge on any atom is 0.263 e. The Bertz CT molecular complexity index is 667. The lowest BCUT2D eigenvalue weighted by Gasteiger charge is -2.11. The maximum atomic E-state index is 12.5. The van der Waals surface area contributed by atoms with Gasteiger partial charge in [-0.05, 0) is 30.7 Å². The van der Waals surface area contributed by atoms with Crippen LogP contribution >= 0.6 is 11.3 Å². The van der Waals surface area contributed by atoms with Gasteiger partial charge in [0.1, 0.15) is 0 Å². The predicted octanol–water partition coefficient (Wildman–Crippen LogP) is 2.23. The molecule has 2 rings (SSSR count). The van der Waals surface area contributed by atoms with Gasteiger partial charge in [-0.25, -0.2) is 13.4 Å². The van der Waals surface area contributed by atoms with Crippen molar-refractivity contribution in [2.75, 3.05) is 11.8 Å². The summed E-state index contributed by atoms with van der Waals surface area (Å²) in [5, 5.41) is 5.13. The van der Waals surface area contributed by atoms with Crippen molar-refractivity contribution in [1.82, 2.24) is 10.3 Å². The minimum Gasteiger partial charge on any atom is -0.316 e. The van der Waals surface area contributed by atoms with Crippen molar-refractivity contribution < 1.29 is 8.42 Å². The first-order valence-electron chi connectivity index (χ1n) is 6.25. The van der Waals surface area contributed by atoms with Crippen LogP contribution in [0.3, 0.4) is 0 Å². The second-order valence-corrected chi connectivity index (χ2v) is 6.81. The van der Waals surface area contributed by atoms with E-state index in [-0.39, 0.29) is 0 Å². The molecule has 0 amide bonds. The van der Waals surface area contributed by atoms with Crippen molar-refractivity contribution in [3.05, 3.63) is 40.9 Å². The summed E-state index contributed by atoms with van der Waals surface area (Å²) in [5.41, 5.74) is 1.73. The fourth-order valence-electron chi connectivity index (χ4n) is 1.90. The minimum absolute atomic E-state index is 0.322. The molecule has 1 heterocycles. The van der Waals surface area contributed by atoms with E-state index in [0.29, 0.717) is 23.0 Å². The summed E-state index contributed by atoms with van der Waals surface area (Å²) in [5.74, 6) is 0. The van der Waals surface area contributed by atoms with E-state index in [9.17, 15) is 8.42 Å². The van der Waals surface area contributed by atoms with Crippen LogP contribution in [0.2, 0.25) is 0 Å². The second-order valence-electron chi connectivity index (χ2n) is 4.27. The summed E-state index contributed by atoms with van der Waals surface area (Å²) in [6.07, 6.45) is 2.23. The molecule has 0 saturated carbocycles. The van der Waals surface area contributed by atoms with E-state index in [0.717, 1.165) is 11.1 Å². The molecule has 0 bridgehead atoms. The zero-order chi connectivity index (χ0) is 14.6. The highest BCUT2D eigenvalue weighted by atomic mass is 32.2. The Morgan fingerprint density at radius 3 is 2.75 bits per heavy atom. The minimum atomic E-state index is -3.60. The fourth-order valence-corrected chi connectivity index (χ4v) is 4.05. The predicted molar refractivity (Wildman–Crippen MR) is 81.5 cm³/mol. The number of hydrogen-bond donors (Lipinski definition) is 2. The molecular weight excluding hydrogens is 294 g/mol. The molecule has 2 N–H and O–H groups in total. The Hall–Kier alpha value is -1.44. The van der Waals surface area contributed by atoms with Crippen LogP contribution in [-0.4, -0.2) is 20.4 Å². The van der Waals surface area contributed by atoms with Gasteiger partial charge in [-0.1, -0.05) is 19.1 Å². The van der Waals surface area contributed by atoms with Crippen LogP contribution in [0.15, 0.2) is 34.7 Å². The summed E-state index contributed by atoms with van der Waals surface area (Å²) in [4.78, 5) is 4.28. The highest BCUT2D eigenvalue weighted by molar-refractivity contribution is 7.93. The quantitative estimate of drug-likeness (QED) is 0.858. The standard InChI is InChI=1S/C13H17N3O2S2/c1-3-11-5-4-10(9-14-2)8-12(11)20(17,18)16-13-15-6-7-19-13/h4-8,14H,3,9H2,1-2H3,(H,15,16). The summed E-state index contributed by atoms with van der Waals surface area (Å²) in [6, 6.07) is 5.52. The molecule has 0 radical (unpaired) electrons. The Morgan fingerprint density at radius 2 is 2.15 bits per heavy atom. The molecule has 1 aromatic heterocycles. The molecule has 5 nitrogen and oxygen atoms in total. The number of thiazole rings is 1. The molecule has 0 fully saturated rings. The van der Waals surface area contributed by atoms with E-state index in [1.807, 2.05) is 26.1 Å². The number of hydrogen-bond acceptors (Lipinski definition) is 5. The lowest BCUT2D eigenvalue weighted by molar-refractivity contribution is 0.600. The second kappa shape index (κ2) is 6.34. The molecular formula is C13H17N3O2S2. The average Bonchev–Trinajstić information content (AvgIpc) is 2.91. The molecule has 108 valence electrons. The molecule has 0 aliphatic carbocycles. The van der Waals surface area contributed by atoms with Crippen LogP contribution in [0, 0.1) is 0 Å². The molecule has 0 aliphatic rings. The van der Waals surface area contributed by atoms with E-state index in [1.165, 1.54) is 11.3 Å². The van der Waals surface area contributed by atoms with Gasteiger partial charge in [0.25, 0.3) is 10.0 Å². The zero-order valence-electron chi connectivity index (χ0n) is 11.4. The molecule has 0 aliphatic heterocycles. The molecule has 0 spiro atoms. The monoisotopic (exact) mass is 311 g/mol. The highest BCUT2D eigenvalue weighted by Crippen LogP contribution is 2.22. The molecule has 0 saturated heterocycles. The van der Waals surface area contributed by atoms with Crippen LogP contribution < -0.4 is 10.0 Å². The van der Waals surface area contributed by atoms with E-state index in [1.54, 1.807) is 17.6 Å². The molecule has 1 aromatic carbocycles. The van der Waals surface area contributed by atoms with Crippen LogP contribution in [0.25, 0.3) is 0 Å². The number of aromatic nitrogens is 1. The van der Waals surface area contributed by atoms with Gasteiger partial charge in [-0.2, -0.15) is 0 Å². The first kappa shape index (κ1) is 15.0. The summed E-state index contributed by atoms with van der Waals surface area (Å²) in [6.45, 7) is 2.57. The summed E-state index contributed by atoms with van der Waals surface area (Å²) >= 11 is 1.26. The van der Waals surface area contributed by atoms with Crippen LogP contribution in [0.5, 0.6) is 0 Å². The first-order valence-corrected chi connectivity index (χ1v) is 8.62. The zero-order valence-corrected chi connectivity index (χ0v) is 13.0. The normalized spacial score (nSPS) is 11.5. The van der Waals surface area contributed by atoms with Gasteiger partial charge in [0.15, 0.2) is 5.13 Å². The Kier molecular flexibility index (Phi) is 4.74. The molecule has 7 heteroatoms. The van der Waals surface area contributed by atoms with Gasteiger partial charge in [-0.15, -0.1) is 11.3 Å². The summed E-state index contributed by atoms with van der Waals surface area (Å²) < 4.78 is 27.5.